The highest BCUT2D eigenvalue weighted by molar-refractivity contribution is 5.66. The lowest BCUT2D eigenvalue weighted by Crippen LogP contribution is -2.24. The summed E-state index contributed by atoms with van der Waals surface area (Å²) in [4.78, 5) is 0. The Labute approximate surface area is 146 Å². The van der Waals surface area contributed by atoms with E-state index in [0.29, 0.717) is 18.8 Å². The van der Waals surface area contributed by atoms with Gasteiger partial charge in [-0.1, -0.05) is 31.2 Å². The zero-order valence-corrected chi connectivity index (χ0v) is 13.6. The van der Waals surface area contributed by atoms with Crippen molar-refractivity contribution in [3.63, 3.8) is 0 Å². The Balaban J connectivity index is 1.86. The van der Waals surface area contributed by atoms with Crippen molar-refractivity contribution < 1.29 is 36.2 Å². The van der Waals surface area contributed by atoms with Crippen LogP contribution in [0.4, 0.5) is 22.0 Å². The minimum Gasteiger partial charge on any atom is -0.399 e. The molecule has 3 nitrogen and oxygen atoms in total. The molecule has 1 heterocycles. The average molecular weight is 374 g/mol. The Morgan fingerprint density at radius 1 is 0.962 bits per heavy atom. The molecule has 3 rings (SSSR count). The summed E-state index contributed by atoms with van der Waals surface area (Å²) in [6.07, 6.45) is -5.75. The van der Waals surface area contributed by atoms with Gasteiger partial charge in [-0.2, -0.15) is 0 Å². The molecule has 1 fully saturated rings. The first-order valence-corrected chi connectivity index (χ1v) is 7.82. The van der Waals surface area contributed by atoms with Gasteiger partial charge in [-0.25, -0.2) is 8.78 Å². The number of hydrogen-bond acceptors (Lipinski definition) is 3. The molecule has 0 bridgehead atoms. The fourth-order valence-electron chi connectivity index (χ4n) is 2.58. The van der Waals surface area contributed by atoms with Crippen molar-refractivity contribution in [2.24, 2.45) is 5.92 Å². The maximum Gasteiger partial charge on any atom is 0.573 e. The maximum absolute atomic E-state index is 14.3. The van der Waals surface area contributed by atoms with E-state index in [9.17, 15) is 22.0 Å². The van der Waals surface area contributed by atoms with Crippen molar-refractivity contribution in [1.29, 1.82) is 0 Å². The molecular formula is C18H15F5O3. The quantitative estimate of drug-likeness (QED) is 0.690. The molecule has 0 aromatic heterocycles. The number of hydrogen-bond donors (Lipinski definition) is 0. The first-order chi connectivity index (χ1) is 12.2. The summed E-state index contributed by atoms with van der Waals surface area (Å²) in [5, 5.41) is 0. The largest absolute Gasteiger partial charge is 0.573 e. The van der Waals surface area contributed by atoms with Gasteiger partial charge in [-0.15, -0.1) is 13.2 Å². The molecule has 0 atom stereocenters. The van der Waals surface area contributed by atoms with Crippen LogP contribution in [0.1, 0.15) is 18.8 Å². The summed E-state index contributed by atoms with van der Waals surface area (Å²) < 4.78 is 79.4. The molecule has 140 valence electrons. The van der Waals surface area contributed by atoms with Crippen LogP contribution in [-0.2, 0) is 9.47 Å². The Kier molecular flexibility index (Phi) is 5.15. The van der Waals surface area contributed by atoms with Crippen LogP contribution in [0.25, 0.3) is 11.1 Å². The van der Waals surface area contributed by atoms with Gasteiger partial charge in [0.2, 0.25) is 5.75 Å². The molecule has 1 saturated heterocycles. The van der Waals surface area contributed by atoms with Crippen molar-refractivity contribution in [2.45, 2.75) is 19.6 Å². The van der Waals surface area contributed by atoms with Crippen LogP contribution < -0.4 is 4.74 Å². The number of ether oxygens (including phenoxy) is 3. The zero-order chi connectivity index (χ0) is 18.9. The summed E-state index contributed by atoms with van der Waals surface area (Å²) in [5.74, 6) is -4.05. The van der Waals surface area contributed by atoms with E-state index in [1.807, 2.05) is 6.92 Å². The smallest absolute Gasteiger partial charge is 0.399 e. The number of rotatable bonds is 3. The standard InChI is InChI=1S/C18H15F5O3/c1-10-8-24-17(25-9-10)12-4-2-11(3-5-12)13-6-7-14(19)16(15(13)20)26-18(21,22)23/h2-7,10,17H,8-9H2,1H3. The van der Waals surface area contributed by atoms with Gasteiger partial charge < -0.3 is 14.2 Å². The van der Waals surface area contributed by atoms with Crippen molar-refractivity contribution in [1.82, 2.24) is 0 Å². The second-order valence-corrected chi connectivity index (χ2v) is 6.01. The van der Waals surface area contributed by atoms with Crippen molar-refractivity contribution >= 4 is 0 Å². The second kappa shape index (κ2) is 7.20. The van der Waals surface area contributed by atoms with E-state index in [-0.39, 0.29) is 17.0 Å². The molecule has 8 heteroatoms. The van der Waals surface area contributed by atoms with E-state index in [1.165, 1.54) is 12.1 Å². The molecule has 0 spiro atoms. The molecule has 0 saturated carbocycles. The van der Waals surface area contributed by atoms with Gasteiger partial charge >= 0.3 is 6.36 Å². The maximum atomic E-state index is 14.3. The number of benzene rings is 2. The van der Waals surface area contributed by atoms with Gasteiger partial charge in [-0.3, -0.25) is 0 Å². The molecular weight excluding hydrogens is 359 g/mol. The highest BCUT2D eigenvalue weighted by Crippen LogP contribution is 2.35. The highest BCUT2D eigenvalue weighted by Gasteiger charge is 2.34. The van der Waals surface area contributed by atoms with E-state index in [4.69, 9.17) is 9.47 Å². The van der Waals surface area contributed by atoms with E-state index in [0.717, 1.165) is 12.1 Å². The first-order valence-electron chi connectivity index (χ1n) is 7.82. The van der Waals surface area contributed by atoms with Crippen molar-refractivity contribution in [3.8, 4) is 16.9 Å². The molecule has 0 radical (unpaired) electrons. The van der Waals surface area contributed by atoms with Crippen LogP contribution in [0, 0.1) is 17.6 Å². The predicted molar refractivity (Wildman–Crippen MR) is 82.3 cm³/mol. The third-order valence-corrected chi connectivity index (χ3v) is 3.82. The fourth-order valence-corrected chi connectivity index (χ4v) is 2.58. The van der Waals surface area contributed by atoms with Gasteiger partial charge in [0.25, 0.3) is 0 Å². The molecule has 2 aromatic carbocycles. The van der Waals surface area contributed by atoms with Crippen LogP contribution in [0.15, 0.2) is 36.4 Å². The molecule has 0 N–H and O–H groups in total. The van der Waals surface area contributed by atoms with Gasteiger partial charge in [0, 0.05) is 17.0 Å². The molecule has 0 amide bonds. The lowest BCUT2D eigenvalue weighted by molar-refractivity contribution is -0.276. The number of halogens is 5. The van der Waals surface area contributed by atoms with E-state index in [1.54, 1.807) is 12.1 Å². The Morgan fingerprint density at radius 2 is 1.58 bits per heavy atom. The molecule has 2 aromatic rings. The SMILES string of the molecule is CC1COC(c2ccc(-c3ccc(F)c(OC(F)(F)F)c3F)cc2)OC1. The summed E-state index contributed by atoms with van der Waals surface area (Å²) >= 11 is 0. The number of alkyl halides is 3. The van der Waals surface area contributed by atoms with Gasteiger partial charge in [0.05, 0.1) is 13.2 Å². The minimum absolute atomic E-state index is 0.212. The van der Waals surface area contributed by atoms with Crippen LogP contribution >= 0.6 is 0 Å². The summed E-state index contributed by atoms with van der Waals surface area (Å²) in [5.41, 5.74) is 0.744. The van der Waals surface area contributed by atoms with Crippen LogP contribution in [0.2, 0.25) is 0 Å². The van der Waals surface area contributed by atoms with Crippen molar-refractivity contribution in [2.75, 3.05) is 13.2 Å². The lowest BCUT2D eigenvalue weighted by Gasteiger charge is -2.27. The summed E-state index contributed by atoms with van der Waals surface area (Å²) in [7, 11) is 0. The Hall–Kier alpha value is -2.19. The Morgan fingerprint density at radius 3 is 2.15 bits per heavy atom. The van der Waals surface area contributed by atoms with E-state index >= 15 is 0 Å². The van der Waals surface area contributed by atoms with Gasteiger partial charge in [0.1, 0.15) is 0 Å². The lowest BCUT2D eigenvalue weighted by atomic mass is 10.0. The van der Waals surface area contributed by atoms with Crippen LogP contribution in [-0.4, -0.2) is 19.6 Å². The third kappa shape index (κ3) is 4.13. The topological polar surface area (TPSA) is 27.7 Å². The van der Waals surface area contributed by atoms with Crippen LogP contribution in [0.3, 0.4) is 0 Å². The molecule has 0 unspecified atom stereocenters. The molecule has 0 aliphatic carbocycles. The average Bonchev–Trinajstić information content (AvgIpc) is 2.59. The monoisotopic (exact) mass is 374 g/mol. The highest BCUT2D eigenvalue weighted by atomic mass is 19.4. The summed E-state index contributed by atoms with van der Waals surface area (Å²) in [6, 6.07) is 7.99. The fraction of sp³-hybridized carbons (Fsp3) is 0.333. The van der Waals surface area contributed by atoms with Crippen LogP contribution in [0.5, 0.6) is 5.75 Å². The molecule has 1 aliphatic rings. The van der Waals surface area contributed by atoms with Crippen molar-refractivity contribution in [3.05, 3.63) is 53.6 Å². The predicted octanol–water partition coefficient (Wildman–Crippen LogP) is 5.21. The minimum atomic E-state index is -5.20. The Bertz CT molecular complexity index is 766. The first kappa shape index (κ1) is 18.6. The zero-order valence-electron chi connectivity index (χ0n) is 13.6. The van der Waals surface area contributed by atoms with E-state index in [2.05, 4.69) is 4.74 Å². The second-order valence-electron chi connectivity index (χ2n) is 6.01. The molecule has 26 heavy (non-hydrogen) atoms. The third-order valence-electron chi connectivity index (χ3n) is 3.82. The van der Waals surface area contributed by atoms with Gasteiger partial charge in [-0.05, 0) is 17.7 Å². The summed E-state index contributed by atoms with van der Waals surface area (Å²) in [6.45, 7) is 3.06. The van der Waals surface area contributed by atoms with E-state index < -0.39 is 30.0 Å². The normalized spacial score (nSPS) is 20.8. The molecule has 1 aliphatic heterocycles. The van der Waals surface area contributed by atoms with Gasteiger partial charge in [0.15, 0.2) is 17.9 Å².